The monoisotopic (exact) mass is 256 g/mol. The van der Waals surface area contributed by atoms with Gasteiger partial charge in [-0.25, -0.2) is 4.39 Å². The molecule has 0 saturated heterocycles. The molecular formula is C16H13FO2. The molecule has 96 valence electrons. The Hall–Kier alpha value is -2.42. The smallest absolute Gasteiger partial charge is 0.150 e. The summed E-state index contributed by atoms with van der Waals surface area (Å²) in [6.07, 6.45) is 2.35. The molecule has 0 aromatic heterocycles. The summed E-state index contributed by atoms with van der Waals surface area (Å²) in [4.78, 5) is 10.9. The van der Waals surface area contributed by atoms with Gasteiger partial charge in [-0.15, -0.1) is 0 Å². The van der Waals surface area contributed by atoms with Crippen molar-refractivity contribution in [2.24, 2.45) is 0 Å². The Morgan fingerprint density at radius 1 is 1.11 bits per heavy atom. The van der Waals surface area contributed by atoms with E-state index in [1.54, 1.807) is 19.3 Å². The summed E-state index contributed by atoms with van der Waals surface area (Å²) in [6, 6.07) is 13.6. The average molecular weight is 256 g/mol. The van der Waals surface area contributed by atoms with Gasteiger partial charge in [0.15, 0.2) is 6.29 Å². The fraction of sp³-hybridized carbons (Fsp3) is 0.0625. The lowest BCUT2D eigenvalue weighted by molar-refractivity contribution is 0.112. The molecule has 2 aromatic carbocycles. The number of methoxy groups -OCH3 is 1. The Morgan fingerprint density at radius 2 is 1.84 bits per heavy atom. The Bertz CT molecular complexity index is 603. The lowest BCUT2D eigenvalue weighted by Gasteiger charge is -2.07. The number of rotatable bonds is 4. The van der Waals surface area contributed by atoms with Crippen molar-refractivity contribution in [3.8, 4) is 0 Å². The number of halogens is 1. The van der Waals surface area contributed by atoms with Crippen LogP contribution in [0.5, 0.6) is 0 Å². The van der Waals surface area contributed by atoms with Crippen LogP contribution in [0.1, 0.15) is 21.5 Å². The van der Waals surface area contributed by atoms with Crippen molar-refractivity contribution in [2.45, 2.75) is 0 Å². The minimum atomic E-state index is -0.432. The molecule has 0 fully saturated rings. The molecule has 0 aliphatic rings. The molecule has 2 nitrogen and oxygen atoms in total. The van der Waals surface area contributed by atoms with Gasteiger partial charge in [0.05, 0.1) is 7.11 Å². The Labute approximate surface area is 111 Å². The first-order chi connectivity index (χ1) is 9.24. The summed E-state index contributed by atoms with van der Waals surface area (Å²) in [5.41, 5.74) is 1.81. The summed E-state index contributed by atoms with van der Waals surface area (Å²) in [5, 5.41) is 0. The van der Waals surface area contributed by atoms with Gasteiger partial charge in [-0.3, -0.25) is 4.79 Å². The van der Waals surface area contributed by atoms with E-state index in [-0.39, 0.29) is 0 Å². The molecule has 3 heteroatoms. The maximum absolute atomic E-state index is 13.1. The van der Waals surface area contributed by atoms with Crippen molar-refractivity contribution < 1.29 is 13.9 Å². The molecule has 0 spiro atoms. The van der Waals surface area contributed by atoms with E-state index < -0.39 is 5.82 Å². The molecule has 0 bridgehead atoms. The molecule has 2 aromatic rings. The predicted octanol–water partition coefficient (Wildman–Crippen LogP) is 3.78. The van der Waals surface area contributed by atoms with Gasteiger partial charge in [-0.1, -0.05) is 36.4 Å². The highest BCUT2D eigenvalue weighted by atomic mass is 19.1. The third-order valence-electron chi connectivity index (χ3n) is 2.74. The van der Waals surface area contributed by atoms with Crippen LogP contribution in [-0.4, -0.2) is 13.4 Å². The van der Waals surface area contributed by atoms with Crippen LogP contribution >= 0.6 is 0 Å². The van der Waals surface area contributed by atoms with Crippen molar-refractivity contribution in [2.75, 3.05) is 7.11 Å². The molecule has 2 rings (SSSR count). The first kappa shape index (κ1) is 13.0. The third kappa shape index (κ3) is 3.07. The van der Waals surface area contributed by atoms with Gasteiger partial charge in [0.2, 0.25) is 0 Å². The van der Waals surface area contributed by atoms with Gasteiger partial charge < -0.3 is 4.74 Å². The van der Waals surface area contributed by atoms with E-state index in [1.165, 1.54) is 12.1 Å². The van der Waals surface area contributed by atoms with Gasteiger partial charge in [-0.2, -0.15) is 0 Å². The van der Waals surface area contributed by atoms with Gasteiger partial charge >= 0.3 is 0 Å². The molecule has 0 saturated carbocycles. The number of benzene rings is 2. The fourth-order valence-corrected chi connectivity index (χ4v) is 1.78. The standard InChI is InChI=1S/C16H13FO2/c1-19-16(12-5-3-2-4-6-12)10-13-7-8-15(17)9-14(13)11-18/h2-11H,1H3/b16-10+. The van der Waals surface area contributed by atoms with E-state index in [4.69, 9.17) is 4.74 Å². The molecule has 0 N–H and O–H groups in total. The molecule has 0 aliphatic heterocycles. The number of hydrogen-bond acceptors (Lipinski definition) is 2. The lowest BCUT2D eigenvalue weighted by atomic mass is 10.1. The summed E-state index contributed by atoms with van der Waals surface area (Å²) < 4.78 is 18.4. The first-order valence-corrected chi connectivity index (χ1v) is 5.80. The lowest BCUT2D eigenvalue weighted by Crippen LogP contribution is -1.91. The number of carbonyl (C=O) groups excluding carboxylic acids is 1. The van der Waals surface area contributed by atoms with E-state index in [0.717, 1.165) is 5.56 Å². The molecule has 0 amide bonds. The van der Waals surface area contributed by atoms with Crippen LogP contribution in [0.3, 0.4) is 0 Å². The van der Waals surface area contributed by atoms with Gasteiger partial charge in [0.25, 0.3) is 0 Å². The van der Waals surface area contributed by atoms with Gasteiger partial charge in [-0.05, 0) is 23.8 Å². The molecule has 19 heavy (non-hydrogen) atoms. The van der Waals surface area contributed by atoms with E-state index in [9.17, 15) is 9.18 Å². The maximum Gasteiger partial charge on any atom is 0.150 e. The normalized spacial score (nSPS) is 11.2. The van der Waals surface area contributed by atoms with Gasteiger partial charge in [0.1, 0.15) is 11.6 Å². The number of ether oxygens (including phenoxy) is 1. The second-order valence-electron chi connectivity index (χ2n) is 3.97. The van der Waals surface area contributed by atoms with Gasteiger partial charge in [0, 0.05) is 11.1 Å². The molecule has 0 aliphatic carbocycles. The van der Waals surface area contributed by atoms with E-state index in [1.807, 2.05) is 30.3 Å². The van der Waals surface area contributed by atoms with Crippen LogP contribution in [0.2, 0.25) is 0 Å². The molecule has 0 heterocycles. The van der Waals surface area contributed by atoms with E-state index >= 15 is 0 Å². The van der Waals surface area contributed by atoms with Crippen molar-refractivity contribution in [3.63, 3.8) is 0 Å². The Morgan fingerprint density at radius 3 is 2.47 bits per heavy atom. The molecule has 0 radical (unpaired) electrons. The summed E-state index contributed by atoms with van der Waals surface area (Å²) in [6.45, 7) is 0. The third-order valence-corrected chi connectivity index (χ3v) is 2.74. The van der Waals surface area contributed by atoms with Crippen molar-refractivity contribution in [1.82, 2.24) is 0 Å². The van der Waals surface area contributed by atoms with Crippen LogP contribution in [0.25, 0.3) is 11.8 Å². The first-order valence-electron chi connectivity index (χ1n) is 5.80. The van der Waals surface area contributed by atoms with E-state index in [0.29, 0.717) is 23.2 Å². The molecular weight excluding hydrogens is 243 g/mol. The average Bonchev–Trinajstić information content (AvgIpc) is 2.46. The Kier molecular flexibility index (Phi) is 4.08. The summed E-state index contributed by atoms with van der Waals surface area (Å²) in [5.74, 6) is 0.188. The zero-order chi connectivity index (χ0) is 13.7. The molecule has 0 unspecified atom stereocenters. The summed E-state index contributed by atoms with van der Waals surface area (Å²) in [7, 11) is 1.56. The predicted molar refractivity (Wildman–Crippen MR) is 73.1 cm³/mol. The Balaban J connectivity index is 2.46. The minimum Gasteiger partial charge on any atom is -0.496 e. The highest BCUT2D eigenvalue weighted by molar-refractivity contribution is 5.87. The van der Waals surface area contributed by atoms with Crippen molar-refractivity contribution in [3.05, 3.63) is 71.0 Å². The van der Waals surface area contributed by atoms with Crippen LogP contribution in [0.15, 0.2) is 48.5 Å². The topological polar surface area (TPSA) is 26.3 Å². The second-order valence-corrected chi connectivity index (χ2v) is 3.97. The van der Waals surface area contributed by atoms with Crippen molar-refractivity contribution in [1.29, 1.82) is 0 Å². The van der Waals surface area contributed by atoms with Crippen LogP contribution < -0.4 is 0 Å². The number of aldehydes is 1. The van der Waals surface area contributed by atoms with Crippen LogP contribution in [-0.2, 0) is 4.74 Å². The summed E-state index contributed by atoms with van der Waals surface area (Å²) >= 11 is 0. The number of hydrogen-bond donors (Lipinski definition) is 0. The molecule has 0 atom stereocenters. The zero-order valence-corrected chi connectivity index (χ0v) is 10.5. The highest BCUT2D eigenvalue weighted by Crippen LogP contribution is 2.20. The maximum atomic E-state index is 13.1. The van der Waals surface area contributed by atoms with Crippen molar-refractivity contribution >= 4 is 18.1 Å². The quantitative estimate of drug-likeness (QED) is 0.472. The van der Waals surface area contributed by atoms with Crippen LogP contribution in [0, 0.1) is 5.82 Å². The van der Waals surface area contributed by atoms with Crippen LogP contribution in [0.4, 0.5) is 4.39 Å². The second kappa shape index (κ2) is 5.96. The van der Waals surface area contributed by atoms with E-state index in [2.05, 4.69) is 0 Å². The minimum absolute atomic E-state index is 0.297. The number of carbonyl (C=O) groups is 1. The SMILES string of the molecule is CO/C(=C/c1ccc(F)cc1C=O)c1ccccc1. The zero-order valence-electron chi connectivity index (χ0n) is 10.5. The largest absolute Gasteiger partial charge is 0.496 e. The fourth-order valence-electron chi connectivity index (χ4n) is 1.78. The highest BCUT2D eigenvalue weighted by Gasteiger charge is 2.05.